The number of fused-ring (bicyclic) bond motifs is 1. The Bertz CT molecular complexity index is 1190. The standard InChI is InChI=1S/C22H18N2O4S2/c1-2-27-22(25)20-21(30(26)17-8-4-3-5-9-17)18-11-10-16(13-19(18)29-20)28-14-15-7-6-12-23-24-15/h3-13H,2,14H2,1H3. The van der Waals surface area contributed by atoms with E-state index in [1.165, 1.54) is 11.3 Å². The van der Waals surface area contributed by atoms with Gasteiger partial charge in [-0.15, -0.1) is 11.3 Å². The molecule has 1 unspecified atom stereocenters. The smallest absolute Gasteiger partial charge is 0.349 e. The number of rotatable bonds is 7. The van der Waals surface area contributed by atoms with E-state index >= 15 is 0 Å². The predicted octanol–water partition coefficient (Wildman–Crippen LogP) is 4.61. The number of thiophene rings is 1. The first-order valence-electron chi connectivity index (χ1n) is 9.27. The molecule has 0 aliphatic carbocycles. The maximum Gasteiger partial charge on any atom is 0.349 e. The fraction of sp³-hybridized carbons (Fsp3) is 0.136. The summed E-state index contributed by atoms with van der Waals surface area (Å²) in [6.45, 7) is 2.27. The van der Waals surface area contributed by atoms with E-state index in [2.05, 4.69) is 10.2 Å². The number of benzene rings is 2. The zero-order valence-corrected chi connectivity index (χ0v) is 17.7. The molecule has 2 aromatic carbocycles. The zero-order chi connectivity index (χ0) is 20.9. The largest absolute Gasteiger partial charge is 0.487 e. The lowest BCUT2D eigenvalue weighted by molar-refractivity contribution is 0.0528. The number of nitrogens with zero attached hydrogens (tertiary/aromatic N) is 2. The lowest BCUT2D eigenvalue weighted by Gasteiger charge is -2.06. The van der Waals surface area contributed by atoms with Crippen LogP contribution in [0.1, 0.15) is 22.3 Å². The summed E-state index contributed by atoms with van der Waals surface area (Å²) in [7, 11) is -1.52. The van der Waals surface area contributed by atoms with E-state index in [-0.39, 0.29) is 13.2 Å². The van der Waals surface area contributed by atoms with Crippen LogP contribution < -0.4 is 4.74 Å². The highest BCUT2D eigenvalue weighted by molar-refractivity contribution is 7.85. The quantitative estimate of drug-likeness (QED) is 0.392. The third-order valence-electron chi connectivity index (χ3n) is 4.23. The lowest BCUT2D eigenvalue weighted by Crippen LogP contribution is -2.06. The minimum absolute atomic E-state index is 0.247. The van der Waals surface area contributed by atoms with Crippen LogP contribution in [0.25, 0.3) is 10.1 Å². The molecular weight excluding hydrogens is 420 g/mol. The van der Waals surface area contributed by atoms with Gasteiger partial charge < -0.3 is 9.47 Å². The van der Waals surface area contributed by atoms with E-state index in [0.717, 1.165) is 10.1 Å². The first kappa shape index (κ1) is 20.2. The van der Waals surface area contributed by atoms with E-state index in [9.17, 15) is 9.00 Å². The maximum atomic E-state index is 13.3. The normalized spacial score (nSPS) is 11.9. The molecule has 2 heterocycles. The highest BCUT2D eigenvalue weighted by atomic mass is 32.2. The van der Waals surface area contributed by atoms with Gasteiger partial charge in [0.25, 0.3) is 0 Å². The summed E-state index contributed by atoms with van der Waals surface area (Å²) in [6, 6.07) is 18.2. The van der Waals surface area contributed by atoms with Crippen molar-refractivity contribution in [2.75, 3.05) is 6.61 Å². The second-order valence-corrected chi connectivity index (χ2v) is 8.69. The Balaban J connectivity index is 1.72. The Morgan fingerprint density at radius 1 is 1.10 bits per heavy atom. The van der Waals surface area contributed by atoms with Gasteiger partial charge in [-0.2, -0.15) is 10.2 Å². The fourth-order valence-electron chi connectivity index (χ4n) is 2.89. The lowest BCUT2D eigenvalue weighted by atomic mass is 10.2. The molecule has 0 amide bonds. The molecule has 0 radical (unpaired) electrons. The Morgan fingerprint density at radius 3 is 2.67 bits per heavy atom. The molecule has 0 aliphatic rings. The van der Waals surface area contributed by atoms with Crippen LogP contribution in [0.2, 0.25) is 0 Å². The molecule has 0 N–H and O–H groups in total. The van der Waals surface area contributed by atoms with Crippen molar-refractivity contribution in [3.63, 3.8) is 0 Å². The van der Waals surface area contributed by atoms with Crippen molar-refractivity contribution in [3.8, 4) is 5.75 Å². The van der Waals surface area contributed by atoms with Crippen molar-refractivity contribution in [1.29, 1.82) is 0 Å². The van der Waals surface area contributed by atoms with Gasteiger partial charge in [-0.3, -0.25) is 0 Å². The van der Waals surface area contributed by atoms with Crippen molar-refractivity contribution in [2.45, 2.75) is 23.3 Å². The molecule has 4 aromatic rings. The van der Waals surface area contributed by atoms with Gasteiger partial charge in [-0.05, 0) is 49.4 Å². The van der Waals surface area contributed by atoms with Gasteiger partial charge >= 0.3 is 5.97 Å². The summed E-state index contributed by atoms with van der Waals surface area (Å²) in [5, 5.41) is 8.58. The van der Waals surface area contributed by atoms with Gasteiger partial charge in [0.2, 0.25) is 0 Å². The van der Waals surface area contributed by atoms with Crippen molar-refractivity contribution in [1.82, 2.24) is 10.2 Å². The number of aromatic nitrogens is 2. The summed E-state index contributed by atoms with van der Waals surface area (Å²) < 4.78 is 25.1. The Labute approximate surface area is 179 Å². The van der Waals surface area contributed by atoms with Gasteiger partial charge in [0.05, 0.1) is 22.3 Å². The van der Waals surface area contributed by atoms with Crippen molar-refractivity contribution in [2.24, 2.45) is 0 Å². The molecule has 8 heteroatoms. The highest BCUT2D eigenvalue weighted by Crippen LogP contribution is 2.38. The summed E-state index contributed by atoms with van der Waals surface area (Å²) in [4.78, 5) is 14.0. The number of esters is 1. The third kappa shape index (κ3) is 4.24. The first-order chi connectivity index (χ1) is 14.7. The van der Waals surface area contributed by atoms with E-state index < -0.39 is 16.8 Å². The van der Waals surface area contributed by atoms with E-state index in [0.29, 0.717) is 26.1 Å². The van der Waals surface area contributed by atoms with Gasteiger partial charge in [-0.1, -0.05) is 18.2 Å². The van der Waals surface area contributed by atoms with Gasteiger partial charge in [0.15, 0.2) is 0 Å². The summed E-state index contributed by atoms with van der Waals surface area (Å²) in [5.74, 6) is 0.155. The van der Waals surface area contributed by atoms with Crippen molar-refractivity contribution in [3.05, 3.63) is 77.4 Å². The van der Waals surface area contributed by atoms with Crippen LogP contribution >= 0.6 is 11.3 Å². The number of carbonyl (C=O) groups excluding carboxylic acids is 1. The highest BCUT2D eigenvalue weighted by Gasteiger charge is 2.25. The molecule has 30 heavy (non-hydrogen) atoms. The molecule has 4 rings (SSSR count). The van der Waals surface area contributed by atoms with Gasteiger partial charge in [0.1, 0.15) is 22.9 Å². The molecule has 0 spiro atoms. The fourth-order valence-corrected chi connectivity index (χ4v) is 5.59. The van der Waals surface area contributed by atoms with Crippen molar-refractivity contribution >= 4 is 38.2 Å². The number of carbonyl (C=O) groups is 1. The average Bonchev–Trinajstić information content (AvgIpc) is 3.17. The number of ether oxygens (including phenoxy) is 2. The summed E-state index contributed by atoms with van der Waals surface area (Å²) in [5.41, 5.74) is 0.710. The Morgan fingerprint density at radius 2 is 1.93 bits per heavy atom. The van der Waals surface area contributed by atoms with E-state index in [1.807, 2.05) is 36.4 Å². The molecule has 0 saturated heterocycles. The van der Waals surface area contributed by atoms with Crippen LogP contribution in [-0.4, -0.2) is 27.0 Å². The molecular formula is C22H18N2O4S2. The molecule has 0 aliphatic heterocycles. The minimum Gasteiger partial charge on any atom is -0.487 e. The molecule has 0 fully saturated rings. The number of hydrogen-bond acceptors (Lipinski definition) is 7. The second-order valence-electron chi connectivity index (χ2n) is 6.22. The van der Waals surface area contributed by atoms with Crippen molar-refractivity contribution < 1.29 is 18.5 Å². The molecule has 152 valence electrons. The average molecular weight is 439 g/mol. The van der Waals surface area contributed by atoms with Crippen LogP contribution in [0, 0.1) is 0 Å². The SMILES string of the molecule is CCOC(=O)c1sc2cc(OCc3cccnn3)ccc2c1S(=O)c1ccccc1. The second kappa shape index (κ2) is 9.15. The first-order valence-corrected chi connectivity index (χ1v) is 11.2. The molecule has 0 saturated carbocycles. The van der Waals surface area contributed by atoms with Gasteiger partial charge in [0, 0.05) is 21.2 Å². The molecule has 0 bridgehead atoms. The molecule has 6 nitrogen and oxygen atoms in total. The summed E-state index contributed by atoms with van der Waals surface area (Å²) >= 11 is 1.26. The van der Waals surface area contributed by atoms with Crippen LogP contribution in [0.4, 0.5) is 0 Å². The molecule has 1 atom stereocenters. The van der Waals surface area contributed by atoms with Crippen LogP contribution in [-0.2, 0) is 22.1 Å². The maximum absolute atomic E-state index is 13.3. The zero-order valence-electron chi connectivity index (χ0n) is 16.1. The minimum atomic E-state index is -1.52. The Hall–Kier alpha value is -3.10. The van der Waals surface area contributed by atoms with E-state index in [1.54, 1.807) is 37.4 Å². The van der Waals surface area contributed by atoms with Crippen LogP contribution in [0.5, 0.6) is 5.75 Å². The van der Waals surface area contributed by atoms with Crippen LogP contribution in [0.3, 0.4) is 0 Å². The predicted molar refractivity (Wildman–Crippen MR) is 115 cm³/mol. The molecule has 2 aromatic heterocycles. The summed E-state index contributed by atoms with van der Waals surface area (Å²) in [6.07, 6.45) is 1.60. The Kier molecular flexibility index (Phi) is 6.15. The van der Waals surface area contributed by atoms with Crippen LogP contribution in [0.15, 0.2) is 76.7 Å². The van der Waals surface area contributed by atoms with E-state index in [4.69, 9.17) is 9.47 Å². The number of hydrogen-bond donors (Lipinski definition) is 0. The topological polar surface area (TPSA) is 78.4 Å². The third-order valence-corrected chi connectivity index (χ3v) is 6.99. The van der Waals surface area contributed by atoms with Gasteiger partial charge in [-0.25, -0.2) is 9.00 Å². The monoisotopic (exact) mass is 438 g/mol.